The van der Waals surface area contributed by atoms with E-state index in [1.165, 1.54) is 17.7 Å². The number of carbonyl (C=O) groups is 2. The highest BCUT2D eigenvalue weighted by molar-refractivity contribution is 7.15. The Balaban J connectivity index is 1.42. The van der Waals surface area contributed by atoms with Crippen LogP contribution in [0.1, 0.15) is 61.7 Å². The monoisotopic (exact) mass is 468 g/mol. The third kappa shape index (κ3) is 5.30. The van der Waals surface area contributed by atoms with Gasteiger partial charge < -0.3 is 10.2 Å². The zero-order valence-electron chi connectivity index (χ0n) is 20.3. The number of para-hydroxylation sites is 1. The molecule has 2 aromatic rings. The second-order valence-electron chi connectivity index (χ2n) is 9.51. The third-order valence-electron chi connectivity index (χ3n) is 7.10. The standard InChI is InChI=1S/C26H36N4O2S/c1-5-19-8-7-9-20(6-2)24(19)30-15-21(14-23(30)31)25(32)28-26-27-18(4)22(33-26)16-29-12-10-17(3)11-13-29/h7-9,17,21H,5-6,10-16H2,1-4H3,(H,27,28,32). The van der Waals surface area contributed by atoms with Crippen molar-refractivity contribution in [1.82, 2.24) is 9.88 Å². The fourth-order valence-electron chi connectivity index (χ4n) is 4.92. The second kappa shape index (κ2) is 10.3. The highest BCUT2D eigenvalue weighted by atomic mass is 32.1. The van der Waals surface area contributed by atoms with Gasteiger partial charge in [-0.2, -0.15) is 0 Å². The summed E-state index contributed by atoms with van der Waals surface area (Å²) in [6.45, 7) is 12.1. The molecule has 2 amide bonds. The molecule has 2 fully saturated rings. The molecule has 178 valence electrons. The summed E-state index contributed by atoms with van der Waals surface area (Å²) in [5, 5.41) is 3.66. The summed E-state index contributed by atoms with van der Waals surface area (Å²) in [6.07, 6.45) is 4.46. The molecule has 2 aliphatic heterocycles. The minimum Gasteiger partial charge on any atom is -0.311 e. The average Bonchev–Trinajstić information content (AvgIpc) is 3.36. The Kier molecular flexibility index (Phi) is 7.49. The fraction of sp³-hybridized carbons (Fsp3) is 0.577. The van der Waals surface area contributed by atoms with Gasteiger partial charge in [-0.15, -0.1) is 11.3 Å². The number of carbonyl (C=O) groups excluding carboxylic acids is 2. The number of nitrogens with one attached hydrogen (secondary N) is 1. The van der Waals surface area contributed by atoms with Crippen molar-refractivity contribution in [1.29, 1.82) is 0 Å². The molecule has 7 heteroatoms. The summed E-state index contributed by atoms with van der Waals surface area (Å²) in [7, 11) is 0. The summed E-state index contributed by atoms with van der Waals surface area (Å²) >= 11 is 1.57. The van der Waals surface area contributed by atoms with Crippen LogP contribution in [-0.2, 0) is 29.0 Å². The first-order chi connectivity index (χ1) is 15.9. The molecule has 1 aromatic carbocycles. The molecule has 1 N–H and O–H groups in total. The number of aryl methyl sites for hydroxylation is 3. The van der Waals surface area contributed by atoms with Crippen molar-refractivity contribution in [3.8, 4) is 0 Å². The molecule has 6 nitrogen and oxygen atoms in total. The van der Waals surface area contributed by atoms with Crippen molar-refractivity contribution in [2.75, 3.05) is 29.9 Å². The molecule has 3 heterocycles. The SMILES string of the molecule is CCc1cccc(CC)c1N1CC(C(=O)Nc2nc(C)c(CN3CCC(C)CC3)s2)CC1=O. The summed E-state index contributed by atoms with van der Waals surface area (Å²) in [5.41, 5.74) is 4.32. The lowest BCUT2D eigenvalue weighted by atomic mass is 9.99. The number of nitrogens with zero attached hydrogens (tertiary/aromatic N) is 3. The summed E-state index contributed by atoms with van der Waals surface area (Å²) in [6, 6.07) is 6.22. The van der Waals surface area contributed by atoms with Crippen LogP contribution in [0.4, 0.5) is 10.8 Å². The van der Waals surface area contributed by atoms with E-state index in [0.717, 1.165) is 60.9 Å². The van der Waals surface area contributed by atoms with E-state index in [4.69, 9.17) is 0 Å². The molecule has 2 saturated heterocycles. The quantitative estimate of drug-likeness (QED) is 0.634. The van der Waals surface area contributed by atoms with Crippen molar-refractivity contribution in [3.05, 3.63) is 39.9 Å². The van der Waals surface area contributed by atoms with Gasteiger partial charge in [-0.1, -0.05) is 39.0 Å². The van der Waals surface area contributed by atoms with Gasteiger partial charge in [0.05, 0.1) is 11.6 Å². The Morgan fingerprint density at radius 3 is 2.48 bits per heavy atom. The van der Waals surface area contributed by atoms with Gasteiger partial charge in [-0.05, 0) is 62.7 Å². The smallest absolute Gasteiger partial charge is 0.231 e. The van der Waals surface area contributed by atoms with Crippen LogP contribution in [0.5, 0.6) is 0 Å². The van der Waals surface area contributed by atoms with E-state index in [9.17, 15) is 9.59 Å². The van der Waals surface area contributed by atoms with Crippen molar-refractivity contribution >= 4 is 34.0 Å². The summed E-state index contributed by atoms with van der Waals surface area (Å²) < 4.78 is 0. The van der Waals surface area contributed by atoms with E-state index in [-0.39, 0.29) is 24.2 Å². The second-order valence-corrected chi connectivity index (χ2v) is 10.6. The molecular formula is C26H36N4O2S. The van der Waals surface area contributed by atoms with E-state index >= 15 is 0 Å². The van der Waals surface area contributed by atoms with Gasteiger partial charge in [-0.3, -0.25) is 14.5 Å². The largest absolute Gasteiger partial charge is 0.311 e. The number of anilines is 2. The molecule has 0 spiro atoms. The molecule has 4 rings (SSSR count). The van der Waals surface area contributed by atoms with Crippen LogP contribution in [0, 0.1) is 18.8 Å². The predicted octanol–water partition coefficient (Wildman–Crippen LogP) is 4.80. The van der Waals surface area contributed by atoms with E-state index in [1.807, 2.05) is 11.8 Å². The maximum absolute atomic E-state index is 13.1. The van der Waals surface area contributed by atoms with Gasteiger partial charge in [-0.25, -0.2) is 4.98 Å². The highest BCUT2D eigenvalue weighted by Gasteiger charge is 2.37. The topological polar surface area (TPSA) is 65.5 Å². The lowest BCUT2D eigenvalue weighted by molar-refractivity contribution is -0.122. The zero-order chi connectivity index (χ0) is 23.5. The molecule has 0 saturated carbocycles. The van der Waals surface area contributed by atoms with Crippen LogP contribution in [-0.4, -0.2) is 41.3 Å². The van der Waals surface area contributed by atoms with Gasteiger partial charge in [0.1, 0.15) is 0 Å². The maximum atomic E-state index is 13.1. The van der Waals surface area contributed by atoms with Crippen LogP contribution in [0.15, 0.2) is 18.2 Å². The molecule has 33 heavy (non-hydrogen) atoms. The molecule has 0 radical (unpaired) electrons. The first-order valence-corrected chi connectivity index (χ1v) is 13.1. The Bertz CT molecular complexity index is 987. The third-order valence-corrected chi connectivity index (χ3v) is 8.15. The number of piperidine rings is 1. The first-order valence-electron chi connectivity index (χ1n) is 12.3. The van der Waals surface area contributed by atoms with E-state index in [0.29, 0.717) is 11.7 Å². The summed E-state index contributed by atoms with van der Waals surface area (Å²) in [5.74, 6) is 0.374. The number of hydrogen-bond acceptors (Lipinski definition) is 5. The van der Waals surface area contributed by atoms with E-state index in [1.54, 1.807) is 11.3 Å². The normalized spacial score (nSPS) is 19.9. The lowest BCUT2D eigenvalue weighted by Crippen LogP contribution is -2.32. The van der Waals surface area contributed by atoms with Gasteiger partial charge in [0.25, 0.3) is 0 Å². The minimum absolute atomic E-state index is 0.0288. The average molecular weight is 469 g/mol. The number of benzene rings is 1. The van der Waals surface area contributed by atoms with Gasteiger partial charge in [0.15, 0.2) is 5.13 Å². The van der Waals surface area contributed by atoms with Gasteiger partial charge in [0, 0.05) is 30.1 Å². The van der Waals surface area contributed by atoms with Crippen LogP contribution in [0.2, 0.25) is 0 Å². The van der Waals surface area contributed by atoms with Crippen LogP contribution in [0.25, 0.3) is 0 Å². The number of likely N-dealkylation sites (tertiary alicyclic amines) is 1. The van der Waals surface area contributed by atoms with E-state index in [2.05, 4.69) is 54.2 Å². The Labute approximate surface area is 201 Å². The van der Waals surface area contributed by atoms with Crippen LogP contribution < -0.4 is 10.2 Å². The van der Waals surface area contributed by atoms with Gasteiger partial charge >= 0.3 is 0 Å². The fourth-order valence-corrected chi connectivity index (χ4v) is 5.93. The lowest BCUT2D eigenvalue weighted by Gasteiger charge is -2.29. The Morgan fingerprint density at radius 2 is 1.85 bits per heavy atom. The molecule has 2 aliphatic rings. The first kappa shape index (κ1) is 23.9. The zero-order valence-corrected chi connectivity index (χ0v) is 21.1. The number of aromatic nitrogens is 1. The van der Waals surface area contributed by atoms with Crippen molar-refractivity contribution < 1.29 is 9.59 Å². The molecular weight excluding hydrogens is 432 g/mol. The highest BCUT2D eigenvalue weighted by Crippen LogP contribution is 2.33. The van der Waals surface area contributed by atoms with Crippen LogP contribution in [0.3, 0.4) is 0 Å². The minimum atomic E-state index is -0.358. The van der Waals surface area contributed by atoms with Crippen LogP contribution >= 0.6 is 11.3 Å². The Morgan fingerprint density at radius 1 is 1.18 bits per heavy atom. The molecule has 1 unspecified atom stereocenters. The maximum Gasteiger partial charge on any atom is 0.231 e. The molecule has 0 bridgehead atoms. The number of amides is 2. The Hall–Kier alpha value is -2.25. The molecule has 0 aliphatic carbocycles. The van der Waals surface area contributed by atoms with Crippen molar-refractivity contribution in [2.45, 2.75) is 66.3 Å². The number of hydrogen-bond donors (Lipinski definition) is 1. The number of rotatable bonds is 7. The van der Waals surface area contributed by atoms with Crippen molar-refractivity contribution in [3.63, 3.8) is 0 Å². The molecule has 1 aromatic heterocycles. The number of thiazole rings is 1. The predicted molar refractivity (Wildman–Crippen MR) is 135 cm³/mol. The molecule has 1 atom stereocenters. The van der Waals surface area contributed by atoms with Crippen molar-refractivity contribution in [2.24, 2.45) is 11.8 Å². The van der Waals surface area contributed by atoms with Gasteiger partial charge in [0.2, 0.25) is 11.8 Å². The summed E-state index contributed by atoms with van der Waals surface area (Å²) in [4.78, 5) is 36.1. The van der Waals surface area contributed by atoms with E-state index < -0.39 is 0 Å².